The van der Waals surface area contributed by atoms with Crippen LogP contribution >= 0.6 is 23.2 Å². The Bertz CT molecular complexity index is 1480. The standard InChI is InChI=1S/C32H31Cl2NO6.Li/c1-21-7-3-4-8-26(21)27-9-5-10-32(22(27)2,41-12-6-11-33)20-40-30-15-29(25(18-36)14-28(30)34)39-19-23-13-24(31(37)38)17-35-16-23;/h3-5,7-10,13-18,22H,6,11-12,19-20H2,1-2H3,(H,37,38);/q;+1/p-1. The van der Waals surface area contributed by atoms with E-state index in [2.05, 4.69) is 37.0 Å². The fraction of sp³-hybridized carbons (Fsp3) is 0.281. The van der Waals surface area contributed by atoms with Crippen LogP contribution in [0.15, 0.2) is 73.1 Å². The van der Waals surface area contributed by atoms with Crippen molar-refractivity contribution in [2.24, 2.45) is 5.92 Å². The second-order valence-electron chi connectivity index (χ2n) is 9.75. The molecule has 0 bridgehead atoms. The van der Waals surface area contributed by atoms with Crippen molar-refractivity contribution in [3.63, 3.8) is 0 Å². The Balaban J connectivity index is 0.00000484. The fourth-order valence-electron chi connectivity index (χ4n) is 4.70. The molecule has 0 aliphatic heterocycles. The summed E-state index contributed by atoms with van der Waals surface area (Å²) in [6.07, 6.45) is 10.0. The summed E-state index contributed by atoms with van der Waals surface area (Å²) in [5.41, 5.74) is 3.23. The van der Waals surface area contributed by atoms with Crippen LogP contribution in [0, 0.1) is 12.8 Å². The Morgan fingerprint density at radius 2 is 1.93 bits per heavy atom. The number of carbonyl (C=O) groups excluding carboxylic acids is 2. The van der Waals surface area contributed by atoms with Crippen molar-refractivity contribution in [3.05, 3.63) is 106 Å². The number of alkyl halides is 1. The zero-order chi connectivity index (χ0) is 29.4. The molecule has 7 nitrogen and oxygen atoms in total. The number of hydrogen-bond acceptors (Lipinski definition) is 7. The van der Waals surface area contributed by atoms with Gasteiger partial charge in [-0.1, -0.05) is 54.9 Å². The average Bonchev–Trinajstić information content (AvgIpc) is 2.97. The predicted octanol–water partition coefficient (Wildman–Crippen LogP) is 2.86. The number of aldehydes is 1. The number of benzene rings is 2. The van der Waals surface area contributed by atoms with E-state index in [-0.39, 0.29) is 59.9 Å². The second-order valence-corrected chi connectivity index (χ2v) is 10.5. The molecular formula is C32H30Cl2LiNO6. The SMILES string of the molecule is Cc1ccccc1C1=CC=CC(COc2cc(OCc3cncc(C(=O)[O-])c3)c(C=O)cc2Cl)(OCCCCl)C1C.[Li+]. The number of allylic oxidation sites excluding steroid dienone is 2. The van der Waals surface area contributed by atoms with Crippen LogP contribution in [0.25, 0.3) is 5.57 Å². The number of carbonyl (C=O) groups is 2. The third-order valence-electron chi connectivity index (χ3n) is 7.03. The normalized spacial score (nSPS) is 17.6. The molecule has 0 saturated heterocycles. The van der Waals surface area contributed by atoms with Gasteiger partial charge in [0.05, 0.1) is 16.6 Å². The van der Waals surface area contributed by atoms with Crippen LogP contribution < -0.4 is 33.4 Å². The Morgan fingerprint density at radius 1 is 1.14 bits per heavy atom. The maximum absolute atomic E-state index is 11.8. The van der Waals surface area contributed by atoms with Gasteiger partial charge in [0.25, 0.3) is 0 Å². The van der Waals surface area contributed by atoms with Gasteiger partial charge in [-0.25, -0.2) is 0 Å². The number of aryl methyl sites for hydroxylation is 1. The van der Waals surface area contributed by atoms with Crippen molar-refractivity contribution in [1.82, 2.24) is 4.98 Å². The average molecular weight is 602 g/mol. The van der Waals surface area contributed by atoms with Crippen molar-refractivity contribution in [2.75, 3.05) is 19.1 Å². The molecule has 2 atom stereocenters. The van der Waals surface area contributed by atoms with Crippen molar-refractivity contribution >= 4 is 41.0 Å². The number of carboxylic acid groups (broad SMARTS) is 1. The molecule has 2 unspecified atom stereocenters. The molecule has 42 heavy (non-hydrogen) atoms. The molecule has 0 radical (unpaired) electrons. The van der Waals surface area contributed by atoms with E-state index in [1.165, 1.54) is 24.5 Å². The van der Waals surface area contributed by atoms with E-state index in [1.807, 2.05) is 24.3 Å². The summed E-state index contributed by atoms with van der Waals surface area (Å²) in [4.78, 5) is 26.8. The van der Waals surface area contributed by atoms with E-state index in [4.69, 9.17) is 37.4 Å². The summed E-state index contributed by atoms with van der Waals surface area (Å²) >= 11 is 12.5. The molecule has 3 aromatic rings. The van der Waals surface area contributed by atoms with E-state index in [0.717, 1.165) is 16.7 Å². The van der Waals surface area contributed by atoms with E-state index < -0.39 is 11.6 Å². The van der Waals surface area contributed by atoms with Crippen molar-refractivity contribution in [3.8, 4) is 11.5 Å². The summed E-state index contributed by atoms with van der Waals surface area (Å²) in [5.74, 6) is -0.416. The minimum Gasteiger partial charge on any atom is -0.545 e. The van der Waals surface area contributed by atoms with Gasteiger partial charge in [0.15, 0.2) is 6.29 Å². The minimum absolute atomic E-state index is 0. The third kappa shape index (κ3) is 7.86. The first-order valence-corrected chi connectivity index (χ1v) is 14.0. The zero-order valence-corrected chi connectivity index (χ0v) is 25.3. The summed E-state index contributed by atoms with van der Waals surface area (Å²) < 4.78 is 18.6. The molecule has 0 fully saturated rings. The molecule has 2 aromatic carbocycles. The molecule has 0 N–H and O–H groups in total. The number of pyridine rings is 1. The number of carboxylic acids is 1. The Kier molecular flexibility index (Phi) is 12.3. The molecule has 0 saturated carbocycles. The molecule has 4 rings (SSSR count). The first kappa shape index (κ1) is 33.4. The maximum Gasteiger partial charge on any atom is 1.00 e. The van der Waals surface area contributed by atoms with Crippen LogP contribution in [0.5, 0.6) is 11.5 Å². The molecule has 1 heterocycles. The number of ether oxygens (including phenoxy) is 3. The summed E-state index contributed by atoms with van der Waals surface area (Å²) in [6, 6.07) is 12.6. The smallest absolute Gasteiger partial charge is 0.545 e. The number of aromatic nitrogens is 1. The van der Waals surface area contributed by atoms with Gasteiger partial charge in [0, 0.05) is 48.0 Å². The van der Waals surface area contributed by atoms with Gasteiger partial charge in [0.2, 0.25) is 0 Å². The van der Waals surface area contributed by atoms with Crippen molar-refractivity contribution in [1.29, 1.82) is 0 Å². The van der Waals surface area contributed by atoms with Crippen LogP contribution in [-0.4, -0.2) is 41.9 Å². The van der Waals surface area contributed by atoms with Gasteiger partial charge in [0.1, 0.15) is 30.3 Å². The third-order valence-corrected chi connectivity index (χ3v) is 7.59. The predicted molar refractivity (Wildman–Crippen MR) is 157 cm³/mol. The Morgan fingerprint density at radius 3 is 2.64 bits per heavy atom. The number of halogens is 2. The summed E-state index contributed by atoms with van der Waals surface area (Å²) in [7, 11) is 0. The van der Waals surface area contributed by atoms with Crippen LogP contribution in [0.4, 0.5) is 0 Å². The van der Waals surface area contributed by atoms with Gasteiger partial charge in [-0.3, -0.25) is 9.78 Å². The van der Waals surface area contributed by atoms with Crippen molar-refractivity contribution in [2.45, 2.75) is 32.5 Å². The van der Waals surface area contributed by atoms with E-state index >= 15 is 0 Å². The van der Waals surface area contributed by atoms with E-state index in [1.54, 1.807) is 6.07 Å². The molecular weight excluding hydrogens is 572 g/mol. The maximum atomic E-state index is 11.8. The van der Waals surface area contributed by atoms with Gasteiger partial charge < -0.3 is 24.1 Å². The van der Waals surface area contributed by atoms with Crippen LogP contribution in [0.1, 0.15) is 50.8 Å². The monoisotopic (exact) mass is 601 g/mol. The molecule has 1 aliphatic carbocycles. The summed E-state index contributed by atoms with van der Waals surface area (Å²) in [5, 5.41) is 11.4. The van der Waals surface area contributed by atoms with Crippen molar-refractivity contribution < 1.29 is 47.8 Å². The molecule has 214 valence electrons. The fourth-order valence-corrected chi connectivity index (χ4v) is 5.03. The van der Waals surface area contributed by atoms with Gasteiger partial charge in [-0.05, 0) is 48.3 Å². The number of aromatic carboxylic acids is 1. The second kappa shape index (κ2) is 15.4. The van der Waals surface area contributed by atoms with Crippen LogP contribution in [0.3, 0.4) is 0 Å². The number of nitrogens with zero attached hydrogens (tertiary/aromatic N) is 1. The van der Waals surface area contributed by atoms with Crippen LogP contribution in [0.2, 0.25) is 5.02 Å². The van der Waals surface area contributed by atoms with Gasteiger partial charge >= 0.3 is 18.9 Å². The van der Waals surface area contributed by atoms with E-state index in [0.29, 0.717) is 36.5 Å². The number of rotatable bonds is 13. The molecule has 0 spiro atoms. The molecule has 0 amide bonds. The van der Waals surface area contributed by atoms with Gasteiger partial charge in [-0.15, -0.1) is 11.6 Å². The van der Waals surface area contributed by atoms with Gasteiger partial charge in [-0.2, -0.15) is 0 Å². The minimum atomic E-state index is -1.34. The first-order valence-electron chi connectivity index (χ1n) is 13.1. The first-order chi connectivity index (χ1) is 19.8. The van der Waals surface area contributed by atoms with Crippen LogP contribution in [-0.2, 0) is 11.3 Å². The molecule has 10 heteroatoms. The Hall–Kier alpha value is -3.05. The quantitative estimate of drug-likeness (QED) is 0.129. The topological polar surface area (TPSA) is 97.8 Å². The molecule has 1 aliphatic rings. The summed E-state index contributed by atoms with van der Waals surface area (Å²) in [6.45, 7) is 4.72. The largest absolute Gasteiger partial charge is 1.00 e. The zero-order valence-electron chi connectivity index (χ0n) is 23.8. The number of hydrogen-bond donors (Lipinski definition) is 0. The Labute approximate surface area is 267 Å². The van der Waals surface area contributed by atoms with E-state index in [9.17, 15) is 14.7 Å². The molecule has 1 aromatic heterocycles.